The summed E-state index contributed by atoms with van der Waals surface area (Å²) in [6.45, 7) is 2.27. The molecule has 220 valence electrons. The molecule has 4 aromatic rings. The number of hydrogen-bond donors (Lipinski definition) is 6. The molecule has 42 heavy (non-hydrogen) atoms. The first-order chi connectivity index (χ1) is 20.1. The second kappa shape index (κ2) is 10.9. The number of sulfonamides is 1. The molecule has 18 heteroatoms. The van der Waals surface area contributed by atoms with E-state index in [1.807, 2.05) is 6.92 Å². The second-order valence-corrected chi connectivity index (χ2v) is 13.1. The van der Waals surface area contributed by atoms with Crippen molar-refractivity contribution in [1.82, 2.24) is 50.4 Å². The fourth-order valence-corrected chi connectivity index (χ4v) is 7.51. The van der Waals surface area contributed by atoms with Crippen LogP contribution in [0.4, 0.5) is 0 Å². The zero-order valence-corrected chi connectivity index (χ0v) is 24.0. The first-order valence-corrected chi connectivity index (χ1v) is 15.4. The molecule has 0 saturated carbocycles. The maximum atomic E-state index is 13.7. The van der Waals surface area contributed by atoms with Crippen molar-refractivity contribution in [2.24, 2.45) is 5.73 Å². The average molecular weight is 613 g/mol. The van der Waals surface area contributed by atoms with Gasteiger partial charge in [-0.3, -0.25) is 15.0 Å². The number of nitrogens with one attached hydrogen (secondary N) is 5. The molecule has 0 aliphatic carbocycles. The number of tetrazole rings is 1. The van der Waals surface area contributed by atoms with Crippen molar-refractivity contribution >= 4 is 49.9 Å². The number of nitrogens with two attached hydrogens (primary N) is 1. The van der Waals surface area contributed by atoms with Crippen molar-refractivity contribution in [1.29, 1.82) is 5.41 Å². The third-order valence-electron chi connectivity index (χ3n) is 7.31. The number of H-pyrrole nitrogens is 2. The fourth-order valence-electron chi connectivity index (χ4n) is 5.06. The Bertz CT molecular complexity index is 1780. The van der Waals surface area contributed by atoms with Gasteiger partial charge in [-0.25, -0.2) is 13.4 Å². The second-order valence-electron chi connectivity index (χ2n) is 10.1. The minimum Gasteiger partial charge on any atom is -0.384 e. The van der Waals surface area contributed by atoms with Gasteiger partial charge in [-0.15, -0.1) is 21.5 Å². The summed E-state index contributed by atoms with van der Waals surface area (Å²) in [5, 5.41) is 27.9. The first kappa shape index (κ1) is 27.9. The van der Waals surface area contributed by atoms with E-state index >= 15 is 0 Å². The van der Waals surface area contributed by atoms with Crippen LogP contribution in [0.3, 0.4) is 0 Å². The molecule has 2 unspecified atom stereocenters. The minimum absolute atomic E-state index is 0.0219. The molecule has 6 rings (SSSR count). The van der Waals surface area contributed by atoms with Crippen molar-refractivity contribution in [2.45, 2.75) is 43.5 Å². The Morgan fingerprint density at radius 2 is 2.10 bits per heavy atom. The van der Waals surface area contributed by atoms with E-state index < -0.39 is 27.9 Å². The maximum absolute atomic E-state index is 13.7. The van der Waals surface area contributed by atoms with Crippen LogP contribution in [0.25, 0.3) is 10.9 Å². The molecule has 0 spiro atoms. The molecular weight excluding hydrogens is 584 g/mol. The summed E-state index contributed by atoms with van der Waals surface area (Å²) >= 11 is 1.28. The minimum atomic E-state index is -4.09. The van der Waals surface area contributed by atoms with Crippen molar-refractivity contribution < 1.29 is 18.0 Å². The molecular formula is C24H28N12O4S2. The number of aromatic amines is 2. The van der Waals surface area contributed by atoms with Crippen LogP contribution in [0.15, 0.2) is 29.3 Å². The van der Waals surface area contributed by atoms with Crippen LogP contribution in [0, 0.1) is 5.41 Å². The van der Waals surface area contributed by atoms with Crippen molar-refractivity contribution in [2.75, 3.05) is 19.6 Å². The smallest absolute Gasteiger partial charge is 0.283 e. The summed E-state index contributed by atoms with van der Waals surface area (Å²) in [6, 6.07) is 5.47. The topological polar surface area (TPSA) is 232 Å². The first-order valence-electron chi connectivity index (χ1n) is 13.1. The Morgan fingerprint density at radius 3 is 2.86 bits per heavy atom. The lowest BCUT2D eigenvalue weighted by Crippen LogP contribution is -2.61. The quantitative estimate of drug-likeness (QED) is 0.113. The Kier molecular flexibility index (Phi) is 7.21. The number of rotatable bonds is 7. The summed E-state index contributed by atoms with van der Waals surface area (Å²) in [4.78, 5) is 37.0. The van der Waals surface area contributed by atoms with E-state index in [1.165, 1.54) is 26.6 Å². The largest absolute Gasteiger partial charge is 0.384 e. The van der Waals surface area contributed by atoms with E-state index in [0.29, 0.717) is 29.4 Å². The Hall–Kier alpha value is -4.26. The third kappa shape index (κ3) is 5.24. The molecule has 1 saturated heterocycles. The number of benzene rings is 1. The number of nitrogen functional groups attached to an aromatic ring is 1. The number of aromatic nitrogens is 6. The lowest BCUT2D eigenvalue weighted by Gasteiger charge is -2.39. The molecule has 2 aliphatic heterocycles. The van der Waals surface area contributed by atoms with Gasteiger partial charge in [0, 0.05) is 60.0 Å². The highest BCUT2D eigenvalue weighted by atomic mass is 32.2. The molecule has 7 N–H and O–H groups in total. The van der Waals surface area contributed by atoms with Gasteiger partial charge in [0.05, 0.1) is 12.2 Å². The molecule has 2 amide bonds. The van der Waals surface area contributed by atoms with Gasteiger partial charge < -0.3 is 26.3 Å². The van der Waals surface area contributed by atoms with Gasteiger partial charge >= 0.3 is 0 Å². The highest BCUT2D eigenvalue weighted by Crippen LogP contribution is 2.28. The molecule has 16 nitrogen and oxygen atoms in total. The average Bonchev–Trinajstić information content (AvgIpc) is 3.74. The van der Waals surface area contributed by atoms with Crippen LogP contribution >= 0.6 is 11.3 Å². The number of carbonyl (C=O) groups is 2. The predicted molar refractivity (Wildman–Crippen MR) is 151 cm³/mol. The number of nitrogens with zero attached hydrogens (tertiary/aromatic N) is 6. The van der Waals surface area contributed by atoms with Gasteiger partial charge in [0.2, 0.25) is 5.91 Å². The number of amides is 2. The molecule has 1 fully saturated rings. The summed E-state index contributed by atoms with van der Waals surface area (Å²) in [5.74, 6) is -0.892. The van der Waals surface area contributed by atoms with Gasteiger partial charge in [-0.1, -0.05) is 5.21 Å². The lowest BCUT2D eigenvalue weighted by molar-refractivity contribution is -0.127. The molecule has 5 heterocycles. The summed E-state index contributed by atoms with van der Waals surface area (Å²) in [5.41, 5.74) is 7.46. The van der Waals surface area contributed by atoms with Crippen LogP contribution < -0.4 is 16.4 Å². The Labute approximate surface area is 243 Å². The number of carbonyl (C=O) groups excluding carboxylic acids is 2. The zero-order chi connectivity index (χ0) is 29.6. The molecule has 2 aliphatic rings. The van der Waals surface area contributed by atoms with Crippen molar-refractivity contribution in [3.63, 3.8) is 0 Å². The van der Waals surface area contributed by atoms with Gasteiger partial charge in [-0.05, 0) is 31.2 Å². The number of fused-ring (bicyclic) bond motifs is 2. The van der Waals surface area contributed by atoms with Gasteiger partial charge in [0.15, 0.2) is 10.8 Å². The van der Waals surface area contributed by atoms with Crippen LogP contribution in [-0.4, -0.2) is 97.6 Å². The Morgan fingerprint density at radius 1 is 1.26 bits per heavy atom. The lowest BCUT2D eigenvalue weighted by atomic mass is 10.1. The van der Waals surface area contributed by atoms with E-state index in [-0.39, 0.29) is 53.9 Å². The SMILES string of the molecule is CC1Cc2nc(C(=O)N3CCN(S(=O)(=O)c4cc5cc(C(=N)N)ccc5[nH]4)CC3C(=O)NCc3nn[nH]n3)sc2CN1. The molecule has 0 radical (unpaired) electrons. The molecule has 1 aromatic carbocycles. The normalized spacial score (nSPS) is 19.5. The zero-order valence-electron chi connectivity index (χ0n) is 22.4. The summed E-state index contributed by atoms with van der Waals surface area (Å²) in [7, 11) is -4.09. The Balaban J connectivity index is 1.27. The number of amidine groups is 1. The maximum Gasteiger partial charge on any atom is 0.283 e. The molecule has 0 bridgehead atoms. The van der Waals surface area contributed by atoms with Gasteiger partial charge in [-0.2, -0.15) is 9.52 Å². The summed E-state index contributed by atoms with van der Waals surface area (Å²) < 4.78 is 28.7. The molecule has 2 atom stereocenters. The number of hydrogen-bond acceptors (Lipinski definition) is 11. The van der Waals surface area contributed by atoms with Crippen molar-refractivity contribution in [3.05, 3.63) is 51.2 Å². The van der Waals surface area contributed by atoms with Gasteiger partial charge in [0.25, 0.3) is 15.9 Å². The van der Waals surface area contributed by atoms with Crippen LogP contribution in [-0.2, 0) is 34.3 Å². The van der Waals surface area contributed by atoms with E-state index in [2.05, 4.69) is 41.2 Å². The number of piperazine rings is 1. The third-order valence-corrected chi connectivity index (χ3v) is 10.2. The standard InChI is InChI=1S/C24H28N12O4S2/c1-12-6-16-18(9-27-12)41-23(30-16)24(38)36-5-4-35(11-17(36)22(37)28-10-19-31-33-34-32-19)42(39,40)20-8-14-7-13(21(25)26)2-3-15(14)29-20/h2-3,7-8,12,17,27,29H,4-6,9-11H2,1H3,(H3,25,26)(H,28,37)(H,31,32,33,34). The van der Waals surface area contributed by atoms with E-state index in [1.54, 1.807) is 18.2 Å². The van der Waals surface area contributed by atoms with Crippen LogP contribution in [0.2, 0.25) is 0 Å². The predicted octanol–water partition coefficient (Wildman–Crippen LogP) is -0.713. The number of thiazole rings is 1. The molecule has 3 aromatic heterocycles. The van der Waals surface area contributed by atoms with E-state index in [0.717, 1.165) is 10.6 Å². The fraction of sp³-hybridized carbons (Fsp3) is 0.375. The van der Waals surface area contributed by atoms with Crippen molar-refractivity contribution in [3.8, 4) is 0 Å². The highest BCUT2D eigenvalue weighted by Gasteiger charge is 2.41. The van der Waals surface area contributed by atoms with E-state index in [9.17, 15) is 18.0 Å². The van der Waals surface area contributed by atoms with Crippen LogP contribution in [0.5, 0.6) is 0 Å². The monoisotopic (exact) mass is 612 g/mol. The van der Waals surface area contributed by atoms with Crippen LogP contribution in [0.1, 0.15) is 38.7 Å². The summed E-state index contributed by atoms with van der Waals surface area (Å²) in [6.07, 6.45) is 0.693. The highest BCUT2D eigenvalue weighted by molar-refractivity contribution is 7.89. The van der Waals surface area contributed by atoms with E-state index in [4.69, 9.17) is 11.1 Å². The van der Waals surface area contributed by atoms with Gasteiger partial charge in [0.1, 0.15) is 16.9 Å².